The lowest BCUT2D eigenvalue weighted by Gasteiger charge is -2.25. The van der Waals surface area contributed by atoms with Gasteiger partial charge >= 0.3 is 0 Å². The SMILES string of the molecule is COc1ccc(N(CCOc2ccc(S(N)(=O)=O)cc2)Cc2ccccc2)cc1. The quantitative estimate of drug-likeness (QED) is 0.582. The molecule has 3 rings (SSSR count). The molecule has 152 valence electrons. The van der Waals surface area contributed by atoms with Crippen LogP contribution in [0.4, 0.5) is 5.69 Å². The second kappa shape index (κ2) is 9.45. The van der Waals surface area contributed by atoms with Crippen LogP contribution in [0.15, 0.2) is 83.8 Å². The van der Waals surface area contributed by atoms with Crippen LogP contribution >= 0.6 is 0 Å². The first-order chi connectivity index (χ1) is 14.0. The highest BCUT2D eigenvalue weighted by Crippen LogP contribution is 2.21. The van der Waals surface area contributed by atoms with E-state index in [0.29, 0.717) is 18.9 Å². The third-order valence-corrected chi connectivity index (χ3v) is 5.37. The molecule has 0 saturated carbocycles. The molecule has 0 saturated heterocycles. The van der Waals surface area contributed by atoms with Crippen LogP contribution in [0.2, 0.25) is 0 Å². The zero-order chi connectivity index (χ0) is 20.7. The molecule has 3 aromatic carbocycles. The zero-order valence-corrected chi connectivity index (χ0v) is 17.0. The fourth-order valence-electron chi connectivity index (χ4n) is 2.90. The number of methoxy groups -OCH3 is 1. The molecule has 0 fully saturated rings. The van der Waals surface area contributed by atoms with Crippen LogP contribution < -0.4 is 19.5 Å². The first kappa shape index (κ1) is 20.7. The van der Waals surface area contributed by atoms with Gasteiger partial charge in [-0.25, -0.2) is 13.6 Å². The molecule has 7 heteroatoms. The molecule has 0 radical (unpaired) electrons. The van der Waals surface area contributed by atoms with Crippen LogP contribution in [0, 0.1) is 0 Å². The van der Waals surface area contributed by atoms with Crippen molar-refractivity contribution in [2.75, 3.05) is 25.2 Å². The van der Waals surface area contributed by atoms with Gasteiger partial charge in [-0.1, -0.05) is 30.3 Å². The molecular formula is C22H24N2O4S. The molecule has 0 aliphatic rings. The van der Waals surface area contributed by atoms with Gasteiger partial charge in [0.1, 0.15) is 18.1 Å². The van der Waals surface area contributed by atoms with Gasteiger partial charge in [-0.2, -0.15) is 0 Å². The summed E-state index contributed by atoms with van der Waals surface area (Å²) < 4.78 is 33.7. The zero-order valence-electron chi connectivity index (χ0n) is 16.2. The van der Waals surface area contributed by atoms with E-state index in [0.717, 1.165) is 18.0 Å². The van der Waals surface area contributed by atoms with Crippen molar-refractivity contribution < 1.29 is 17.9 Å². The van der Waals surface area contributed by atoms with Gasteiger partial charge in [-0.15, -0.1) is 0 Å². The van der Waals surface area contributed by atoms with Crippen LogP contribution in [0.1, 0.15) is 5.56 Å². The van der Waals surface area contributed by atoms with Gasteiger partial charge in [0.2, 0.25) is 10.0 Å². The molecule has 0 aliphatic carbocycles. The molecule has 3 aromatic rings. The Morgan fingerprint density at radius 1 is 0.862 bits per heavy atom. The minimum atomic E-state index is -3.70. The molecule has 0 aliphatic heterocycles. The minimum Gasteiger partial charge on any atom is -0.497 e. The van der Waals surface area contributed by atoms with Crippen molar-refractivity contribution in [2.24, 2.45) is 5.14 Å². The van der Waals surface area contributed by atoms with E-state index >= 15 is 0 Å². The largest absolute Gasteiger partial charge is 0.497 e. The average Bonchev–Trinajstić information content (AvgIpc) is 2.73. The molecule has 6 nitrogen and oxygen atoms in total. The van der Waals surface area contributed by atoms with Crippen LogP contribution in [0.3, 0.4) is 0 Å². The molecule has 0 bridgehead atoms. The van der Waals surface area contributed by atoms with Crippen molar-refractivity contribution in [3.05, 3.63) is 84.4 Å². The van der Waals surface area contributed by atoms with Gasteiger partial charge in [-0.3, -0.25) is 0 Å². The Hall–Kier alpha value is -3.03. The highest BCUT2D eigenvalue weighted by molar-refractivity contribution is 7.89. The standard InChI is InChI=1S/C22H24N2O4S/c1-27-20-9-7-19(8-10-20)24(17-18-5-3-2-4-6-18)15-16-28-21-11-13-22(14-12-21)29(23,25)26/h2-14H,15-17H2,1H3,(H2,23,25,26). The molecule has 0 spiro atoms. The summed E-state index contributed by atoms with van der Waals surface area (Å²) in [5, 5.41) is 5.12. The maximum atomic E-state index is 11.3. The molecule has 0 atom stereocenters. The van der Waals surface area contributed by atoms with Gasteiger partial charge in [0, 0.05) is 12.2 Å². The van der Waals surface area contributed by atoms with E-state index in [1.54, 1.807) is 19.2 Å². The third kappa shape index (κ3) is 5.97. The van der Waals surface area contributed by atoms with Crippen molar-refractivity contribution in [3.8, 4) is 11.5 Å². The fourth-order valence-corrected chi connectivity index (χ4v) is 3.41. The second-order valence-corrected chi connectivity index (χ2v) is 8.03. The Labute approximate surface area is 171 Å². The van der Waals surface area contributed by atoms with Crippen molar-refractivity contribution >= 4 is 15.7 Å². The number of primary sulfonamides is 1. The number of ether oxygens (including phenoxy) is 2. The normalized spacial score (nSPS) is 11.1. The Morgan fingerprint density at radius 3 is 2.07 bits per heavy atom. The summed E-state index contributed by atoms with van der Waals surface area (Å²) in [4.78, 5) is 2.28. The summed E-state index contributed by atoms with van der Waals surface area (Å²) in [5.41, 5.74) is 2.25. The lowest BCUT2D eigenvalue weighted by molar-refractivity contribution is 0.323. The van der Waals surface area contributed by atoms with E-state index in [9.17, 15) is 8.42 Å². The number of hydrogen-bond acceptors (Lipinski definition) is 5. The number of anilines is 1. The van der Waals surface area contributed by atoms with Crippen LogP contribution in [-0.4, -0.2) is 28.7 Å². The van der Waals surface area contributed by atoms with E-state index in [2.05, 4.69) is 17.0 Å². The van der Waals surface area contributed by atoms with Crippen molar-refractivity contribution in [3.63, 3.8) is 0 Å². The molecule has 0 heterocycles. The Bertz CT molecular complexity index is 1000. The van der Waals surface area contributed by atoms with Gasteiger partial charge in [-0.05, 0) is 54.1 Å². The number of nitrogens with zero attached hydrogens (tertiary/aromatic N) is 1. The number of sulfonamides is 1. The molecule has 0 amide bonds. The lowest BCUT2D eigenvalue weighted by Crippen LogP contribution is -2.27. The minimum absolute atomic E-state index is 0.0637. The monoisotopic (exact) mass is 412 g/mol. The van der Waals surface area contributed by atoms with E-state index < -0.39 is 10.0 Å². The smallest absolute Gasteiger partial charge is 0.238 e. The van der Waals surface area contributed by atoms with Crippen molar-refractivity contribution in [1.29, 1.82) is 0 Å². The number of hydrogen-bond donors (Lipinski definition) is 1. The molecule has 2 N–H and O–H groups in total. The first-order valence-corrected chi connectivity index (χ1v) is 10.7. The summed E-state index contributed by atoms with van der Waals surface area (Å²) in [6, 6.07) is 24.2. The van der Waals surface area contributed by atoms with Crippen LogP contribution in [-0.2, 0) is 16.6 Å². The van der Waals surface area contributed by atoms with Crippen LogP contribution in [0.25, 0.3) is 0 Å². The van der Waals surface area contributed by atoms with Crippen molar-refractivity contribution in [2.45, 2.75) is 11.4 Å². The summed E-state index contributed by atoms with van der Waals surface area (Å²) in [6.07, 6.45) is 0. The Balaban J connectivity index is 1.67. The van der Waals surface area contributed by atoms with Gasteiger partial charge < -0.3 is 14.4 Å². The fraction of sp³-hybridized carbons (Fsp3) is 0.182. The lowest BCUT2D eigenvalue weighted by atomic mass is 10.2. The van der Waals surface area contributed by atoms with E-state index in [-0.39, 0.29) is 4.90 Å². The predicted octanol–water partition coefficient (Wildman–Crippen LogP) is 3.43. The van der Waals surface area contributed by atoms with Crippen molar-refractivity contribution in [1.82, 2.24) is 0 Å². The molecule has 0 unspecified atom stereocenters. The highest BCUT2D eigenvalue weighted by Gasteiger charge is 2.10. The maximum absolute atomic E-state index is 11.3. The summed E-state index contributed by atoms with van der Waals surface area (Å²) in [6.45, 7) is 1.83. The Kier molecular flexibility index (Phi) is 6.74. The summed E-state index contributed by atoms with van der Waals surface area (Å²) >= 11 is 0. The molecule has 29 heavy (non-hydrogen) atoms. The topological polar surface area (TPSA) is 81.9 Å². The maximum Gasteiger partial charge on any atom is 0.238 e. The van der Waals surface area contributed by atoms with E-state index in [1.807, 2.05) is 42.5 Å². The molecular weight excluding hydrogens is 388 g/mol. The average molecular weight is 413 g/mol. The van der Waals surface area contributed by atoms with Crippen LogP contribution in [0.5, 0.6) is 11.5 Å². The third-order valence-electron chi connectivity index (χ3n) is 4.44. The predicted molar refractivity (Wildman–Crippen MR) is 114 cm³/mol. The van der Waals surface area contributed by atoms with Gasteiger partial charge in [0.25, 0.3) is 0 Å². The van der Waals surface area contributed by atoms with E-state index in [4.69, 9.17) is 14.6 Å². The number of rotatable bonds is 9. The number of nitrogens with two attached hydrogens (primary N) is 1. The second-order valence-electron chi connectivity index (χ2n) is 6.47. The molecule has 0 aromatic heterocycles. The van der Waals surface area contributed by atoms with E-state index in [1.165, 1.54) is 17.7 Å². The Morgan fingerprint density at radius 2 is 1.48 bits per heavy atom. The first-order valence-electron chi connectivity index (χ1n) is 9.14. The van der Waals surface area contributed by atoms with Gasteiger partial charge in [0.15, 0.2) is 0 Å². The summed E-state index contributed by atoms with van der Waals surface area (Å²) in [7, 11) is -2.06. The van der Waals surface area contributed by atoms with Gasteiger partial charge in [0.05, 0.1) is 18.6 Å². The highest BCUT2D eigenvalue weighted by atomic mass is 32.2. The summed E-state index contributed by atoms with van der Waals surface area (Å²) in [5.74, 6) is 1.39. The number of benzene rings is 3.